The lowest BCUT2D eigenvalue weighted by Gasteiger charge is -2.02. The van der Waals surface area contributed by atoms with E-state index in [1.54, 1.807) is 19.5 Å². The van der Waals surface area contributed by atoms with E-state index in [1.165, 1.54) is 0 Å². The number of pyridine rings is 2. The predicted molar refractivity (Wildman–Crippen MR) is 90.6 cm³/mol. The lowest BCUT2D eigenvalue weighted by atomic mass is 10.1. The first-order valence-corrected chi connectivity index (χ1v) is 7.66. The molecular formula is C17H16N6O. The van der Waals surface area contributed by atoms with Crippen molar-refractivity contribution < 1.29 is 4.74 Å². The number of nitrogens with one attached hydrogen (secondary N) is 1. The second-order valence-corrected chi connectivity index (χ2v) is 5.35. The molecule has 0 spiro atoms. The van der Waals surface area contributed by atoms with Gasteiger partial charge in [-0.25, -0.2) is 0 Å². The molecule has 0 aliphatic heterocycles. The van der Waals surface area contributed by atoms with Crippen LogP contribution in [0.15, 0.2) is 43.0 Å². The van der Waals surface area contributed by atoms with Crippen molar-refractivity contribution in [3.63, 3.8) is 0 Å². The van der Waals surface area contributed by atoms with E-state index in [9.17, 15) is 0 Å². The van der Waals surface area contributed by atoms with E-state index in [4.69, 9.17) is 4.74 Å². The van der Waals surface area contributed by atoms with Crippen LogP contribution in [0.3, 0.4) is 0 Å². The molecule has 4 aromatic heterocycles. The number of aryl methyl sites for hydroxylation is 1. The smallest absolute Gasteiger partial charge is 0.122 e. The monoisotopic (exact) mass is 320 g/mol. The highest BCUT2D eigenvalue weighted by molar-refractivity contribution is 5.93. The number of rotatable bonds is 4. The number of fused-ring (bicyclic) bond motifs is 1. The van der Waals surface area contributed by atoms with Crippen molar-refractivity contribution in [3.8, 4) is 28.4 Å². The van der Waals surface area contributed by atoms with E-state index in [0.29, 0.717) is 0 Å². The van der Waals surface area contributed by atoms with Gasteiger partial charge in [-0.2, -0.15) is 10.2 Å². The number of H-pyrrole nitrogens is 1. The van der Waals surface area contributed by atoms with Gasteiger partial charge in [-0.3, -0.25) is 19.7 Å². The van der Waals surface area contributed by atoms with Crippen molar-refractivity contribution in [2.75, 3.05) is 7.11 Å². The van der Waals surface area contributed by atoms with Crippen molar-refractivity contribution >= 4 is 10.9 Å². The number of hydrogen-bond acceptors (Lipinski definition) is 5. The molecule has 0 bridgehead atoms. The molecule has 0 saturated carbocycles. The highest BCUT2D eigenvalue weighted by Crippen LogP contribution is 2.29. The van der Waals surface area contributed by atoms with Gasteiger partial charge in [-0.05, 0) is 19.1 Å². The van der Waals surface area contributed by atoms with Gasteiger partial charge < -0.3 is 4.74 Å². The van der Waals surface area contributed by atoms with Gasteiger partial charge in [-0.1, -0.05) is 0 Å². The fourth-order valence-corrected chi connectivity index (χ4v) is 2.61. The van der Waals surface area contributed by atoms with Gasteiger partial charge >= 0.3 is 0 Å². The standard InChI is InChI=1S/C17H16N6O/c1-3-23-10-11(8-20-23)14-7-13-16(9-19-14)21-22-17(13)15-6-12(24-2)4-5-18-15/h4-10H,3H2,1-2H3,(H,21,22). The molecule has 4 rings (SSSR count). The molecule has 0 unspecified atom stereocenters. The van der Waals surface area contributed by atoms with Crippen LogP contribution >= 0.6 is 0 Å². The van der Waals surface area contributed by atoms with Crippen molar-refractivity contribution in [2.24, 2.45) is 0 Å². The maximum Gasteiger partial charge on any atom is 0.122 e. The van der Waals surface area contributed by atoms with Crippen LogP contribution in [0.1, 0.15) is 6.92 Å². The van der Waals surface area contributed by atoms with Crippen LogP contribution in [0, 0.1) is 0 Å². The van der Waals surface area contributed by atoms with E-state index in [1.807, 2.05) is 35.3 Å². The van der Waals surface area contributed by atoms with E-state index in [-0.39, 0.29) is 0 Å². The summed E-state index contributed by atoms with van der Waals surface area (Å²) in [6.45, 7) is 2.88. The third-order valence-electron chi connectivity index (χ3n) is 3.91. The summed E-state index contributed by atoms with van der Waals surface area (Å²) in [4.78, 5) is 8.90. The average molecular weight is 320 g/mol. The van der Waals surface area contributed by atoms with E-state index in [2.05, 4.69) is 32.2 Å². The molecule has 0 aliphatic carbocycles. The molecule has 0 saturated heterocycles. The number of ether oxygens (including phenoxy) is 1. The Labute approximate surface area is 138 Å². The lowest BCUT2D eigenvalue weighted by molar-refractivity contribution is 0.414. The fourth-order valence-electron chi connectivity index (χ4n) is 2.61. The Morgan fingerprint density at radius 2 is 2.08 bits per heavy atom. The SMILES string of the molecule is CCn1cc(-c2cc3c(-c4cc(OC)ccn4)n[nH]c3cn2)cn1. The second-order valence-electron chi connectivity index (χ2n) is 5.35. The van der Waals surface area contributed by atoms with Gasteiger partial charge in [0.2, 0.25) is 0 Å². The van der Waals surface area contributed by atoms with Gasteiger partial charge in [-0.15, -0.1) is 0 Å². The zero-order valence-corrected chi connectivity index (χ0v) is 13.4. The zero-order valence-electron chi connectivity index (χ0n) is 13.4. The van der Waals surface area contributed by atoms with Gasteiger partial charge in [0, 0.05) is 36.0 Å². The first kappa shape index (κ1) is 14.4. The van der Waals surface area contributed by atoms with Crippen molar-refractivity contribution in [2.45, 2.75) is 13.5 Å². The normalized spacial score (nSPS) is 11.1. The maximum atomic E-state index is 5.27. The van der Waals surface area contributed by atoms with Crippen LogP contribution in [0.2, 0.25) is 0 Å². The minimum atomic E-state index is 0.745. The molecule has 1 N–H and O–H groups in total. The summed E-state index contributed by atoms with van der Waals surface area (Å²) in [6.07, 6.45) is 7.30. The molecular weight excluding hydrogens is 304 g/mol. The lowest BCUT2D eigenvalue weighted by Crippen LogP contribution is -1.92. The third kappa shape index (κ3) is 2.40. The Hall–Kier alpha value is -3.22. The van der Waals surface area contributed by atoms with Crippen molar-refractivity contribution in [1.29, 1.82) is 0 Å². The van der Waals surface area contributed by atoms with Crippen molar-refractivity contribution in [1.82, 2.24) is 29.9 Å². The van der Waals surface area contributed by atoms with Crippen LogP contribution in [0.5, 0.6) is 5.75 Å². The number of hydrogen-bond donors (Lipinski definition) is 1. The molecule has 0 atom stereocenters. The van der Waals surface area contributed by atoms with Crippen LogP contribution in [0.4, 0.5) is 0 Å². The number of methoxy groups -OCH3 is 1. The molecule has 7 heteroatoms. The number of nitrogens with zero attached hydrogens (tertiary/aromatic N) is 5. The molecule has 4 aromatic rings. The fraction of sp³-hybridized carbons (Fsp3) is 0.176. The van der Waals surface area contributed by atoms with Crippen LogP contribution in [-0.2, 0) is 6.54 Å². The average Bonchev–Trinajstić information content (AvgIpc) is 3.28. The molecule has 24 heavy (non-hydrogen) atoms. The van der Waals surface area contributed by atoms with E-state index >= 15 is 0 Å². The Balaban J connectivity index is 1.83. The van der Waals surface area contributed by atoms with Gasteiger partial charge in [0.15, 0.2) is 0 Å². The summed E-state index contributed by atoms with van der Waals surface area (Å²) in [5.41, 5.74) is 4.22. The largest absolute Gasteiger partial charge is 0.497 e. The Morgan fingerprint density at radius 3 is 2.88 bits per heavy atom. The summed E-state index contributed by atoms with van der Waals surface area (Å²) in [6, 6.07) is 5.68. The Bertz CT molecular complexity index is 1000. The highest BCUT2D eigenvalue weighted by Gasteiger charge is 2.13. The minimum Gasteiger partial charge on any atom is -0.497 e. The molecule has 0 fully saturated rings. The minimum absolute atomic E-state index is 0.745. The summed E-state index contributed by atoms with van der Waals surface area (Å²) in [7, 11) is 1.63. The molecule has 0 amide bonds. The van der Waals surface area contributed by atoms with Crippen LogP contribution in [0.25, 0.3) is 33.5 Å². The molecule has 0 aliphatic rings. The first-order chi connectivity index (χ1) is 11.8. The summed E-state index contributed by atoms with van der Waals surface area (Å²) in [5, 5.41) is 12.7. The molecule has 4 heterocycles. The summed E-state index contributed by atoms with van der Waals surface area (Å²) >= 11 is 0. The highest BCUT2D eigenvalue weighted by atomic mass is 16.5. The topological polar surface area (TPSA) is 81.5 Å². The predicted octanol–water partition coefficient (Wildman–Crippen LogP) is 2.91. The third-order valence-corrected chi connectivity index (χ3v) is 3.91. The first-order valence-electron chi connectivity index (χ1n) is 7.66. The van der Waals surface area contributed by atoms with Crippen LogP contribution < -0.4 is 4.74 Å². The molecule has 7 nitrogen and oxygen atoms in total. The van der Waals surface area contributed by atoms with Gasteiger partial charge in [0.05, 0.1) is 36.4 Å². The second kappa shape index (κ2) is 5.77. The summed E-state index contributed by atoms with van der Waals surface area (Å²) < 4.78 is 7.15. The Kier molecular flexibility index (Phi) is 3.45. The van der Waals surface area contributed by atoms with Crippen LogP contribution in [-0.4, -0.2) is 37.1 Å². The van der Waals surface area contributed by atoms with Gasteiger partial charge in [0.1, 0.15) is 11.4 Å². The van der Waals surface area contributed by atoms with Gasteiger partial charge in [0.25, 0.3) is 0 Å². The Morgan fingerprint density at radius 1 is 1.17 bits per heavy atom. The molecule has 120 valence electrons. The van der Waals surface area contributed by atoms with Crippen molar-refractivity contribution in [3.05, 3.63) is 43.0 Å². The zero-order chi connectivity index (χ0) is 16.5. The summed E-state index contributed by atoms with van der Waals surface area (Å²) in [5.74, 6) is 0.745. The number of aromatic amines is 1. The molecule has 0 aromatic carbocycles. The maximum absolute atomic E-state index is 5.27. The quantitative estimate of drug-likeness (QED) is 0.625. The number of aromatic nitrogens is 6. The van der Waals surface area contributed by atoms with E-state index in [0.717, 1.165) is 45.8 Å². The van der Waals surface area contributed by atoms with E-state index < -0.39 is 0 Å². The molecule has 0 radical (unpaired) electrons.